The van der Waals surface area contributed by atoms with Gasteiger partial charge in [0.1, 0.15) is 11.2 Å². The van der Waals surface area contributed by atoms with E-state index >= 15 is 0 Å². The molecule has 0 saturated carbocycles. The number of carbonyl (C=O) groups is 4. The van der Waals surface area contributed by atoms with Crippen molar-refractivity contribution in [2.45, 2.75) is 115 Å². The summed E-state index contributed by atoms with van der Waals surface area (Å²) in [6, 6.07) is -0.244. The number of hydrogen-bond acceptors (Lipinski definition) is 6. The van der Waals surface area contributed by atoms with Crippen LogP contribution in [0, 0.1) is 11.8 Å². The lowest BCUT2D eigenvalue weighted by molar-refractivity contribution is -0.143. The number of carbonyl (C=O) groups excluding carboxylic acids is 2. The summed E-state index contributed by atoms with van der Waals surface area (Å²) in [4.78, 5) is 49.4. The van der Waals surface area contributed by atoms with Gasteiger partial charge >= 0.3 is 24.1 Å². The van der Waals surface area contributed by atoms with Crippen LogP contribution < -0.4 is 0 Å². The van der Waals surface area contributed by atoms with Gasteiger partial charge in [0, 0.05) is 24.2 Å². The third-order valence-electron chi connectivity index (χ3n) is 6.92. The number of ether oxygens (including phenoxy) is 2. The summed E-state index contributed by atoms with van der Waals surface area (Å²) >= 11 is 0. The molecule has 0 aromatic heterocycles. The van der Waals surface area contributed by atoms with Gasteiger partial charge in [-0.2, -0.15) is 0 Å². The van der Waals surface area contributed by atoms with Gasteiger partial charge in [0.25, 0.3) is 0 Å². The van der Waals surface area contributed by atoms with E-state index in [2.05, 4.69) is 0 Å². The molecule has 2 N–H and O–H groups in total. The zero-order valence-electron chi connectivity index (χ0n) is 20.9. The minimum absolute atomic E-state index is 0.0518. The maximum Gasteiger partial charge on any atom is 0.410 e. The van der Waals surface area contributed by atoms with Crippen LogP contribution >= 0.6 is 0 Å². The van der Waals surface area contributed by atoms with Gasteiger partial charge in [-0.05, 0) is 80.1 Å². The highest BCUT2D eigenvalue weighted by atomic mass is 16.6. The average Bonchev–Trinajstić information content (AvgIpc) is 3.43. The Kier molecular flexibility index (Phi) is 7.11. The number of fused-ring (bicyclic) bond motifs is 4. The Bertz CT molecular complexity index is 762. The van der Waals surface area contributed by atoms with Crippen molar-refractivity contribution in [1.82, 2.24) is 9.80 Å². The first-order valence-electron chi connectivity index (χ1n) is 12.1. The zero-order valence-corrected chi connectivity index (χ0v) is 20.9. The molecule has 34 heavy (non-hydrogen) atoms. The smallest absolute Gasteiger partial charge is 0.410 e. The Morgan fingerprint density at radius 3 is 1.21 bits per heavy atom. The molecule has 4 heterocycles. The predicted octanol–water partition coefficient (Wildman–Crippen LogP) is 3.72. The first kappa shape index (κ1) is 26.1. The summed E-state index contributed by atoms with van der Waals surface area (Å²) in [5, 5.41) is 18.2. The molecule has 4 aliphatic heterocycles. The van der Waals surface area contributed by atoms with E-state index in [-0.39, 0.29) is 36.4 Å². The average molecular weight is 483 g/mol. The molecule has 0 aromatic rings. The van der Waals surface area contributed by atoms with Crippen LogP contribution in [0.3, 0.4) is 0 Å². The second-order valence-corrected chi connectivity index (χ2v) is 11.7. The van der Waals surface area contributed by atoms with Crippen molar-refractivity contribution < 1.29 is 38.9 Å². The van der Waals surface area contributed by atoms with Crippen LogP contribution in [-0.4, -0.2) is 79.5 Å². The van der Waals surface area contributed by atoms with Crippen molar-refractivity contribution >= 4 is 24.1 Å². The first-order chi connectivity index (χ1) is 15.6. The molecule has 4 saturated heterocycles. The van der Waals surface area contributed by atoms with Crippen molar-refractivity contribution in [3.8, 4) is 0 Å². The first-order valence-corrected chi connectivity index (χ1v) is 12.1. The molecular formula is C24H38N2O8. The lowest BCUT2D eigenvalue weighted by atomic mass is 9.89. The van der Waals surface area contributed by atoms with Crippen molar-refractivity contribution in [2.24, 2.45) is 11.8 Å². The van der Waals surface area contributed by atoms with Gasteiger partial charge < -0.3 is 29.5 Å². The fraction of sp³-hybridized carbons (Fsp3) is 0.833. The molecule has 2 amide bonds. The number of aliphatic carboxylic acids is 2. The second-order valence-electron chi connectivity index (χ2n) is 11.7. The molecule has 4 bridgehead atoms. The molecule has 0 radical (unpaired) electrons. The summed E-state index contributed by atoms with van der Waals surface area (Å²) in [5.74, 6) is -2.43. The number of carboxylic acid groups (broad SMARTS) is 2. The molecule has 4 aliphatic rings. The number of carboxylic acids is 2. The minimum Gasteiger partial charge on any atom is -0.481 e. The zero-order chi connectivity index (χ0) is 25.6. The van der Waals surface area contributed by atoms with Gasteiger partial charge in [0.05, 0.1) is 11.8 Å². The Labute approximate surface area is 200 Å². The SMILES string of the molecule is CC(C)(C)OC(=O)N1[C@@H]2CC[C@H]1[C@H](C(=O)O)C2.CC(C)(C)OC(=O)N1[C@H]2CC[C@@H]1[C@@H](C(=O)O)C2. The van der Waals surface area contributed by atoms with E-state index in [1.165, 1.54) is 0 Å². The largest absolute Gasteiger partial charge is 0.481 e. The standard InChI is InChI=1S/2C12H19NO4/c2*1-12(2,3)17-11(16)13-7-4-5-9(13)8(6-7)10(14)15/h2*7-9H,4-6H2,1-3H3,(H,14,15)/t2*7-,8-,9+/m10/s1. The van der Waals surface area contributed by atoms with Crippen LogP contribution in [0.2, 0.25) is 0 Å². The van der Waals surface area contributed by atoms with Gasteiger partial charge in [0.15, 0.2) is 0 Å². The van der Waals surface area contributed by atoms with Crippen LogP contribution in [0.5, 0.6) is 0 Å². The van der Waals surface area contributed by atoms with Crippen molar-refractivity contribution in [3.05, 3.63) is 0 Å². The maximum absolute atomic E-state index is 12.0. The lowest BCUT2D eigenvalue weighted by Crippen LogP contribution is -2.41. The fourth-order valence-corrected chi connectivity index (χ4v) is 5.71. The number of hydrogen-bond donors (Lipinski definition) is 2. The van der Waals surface area contributed by atoms with Crippen LogP contribution in [-0.2, 0) is 19.1 Å². The molecule has 192 valence electrons. The Balaban J connectivity index is 0.000000191. The van der Waals surface area contributed by atoms with E-state index in [1.54, 1.807) is 9.80 Å². The minimum atomic E-state index is -0.800. The van der Waals surface area contributed by atoms with Crippen molar-refractivity contribution in [1.29, 1.82) is 0 Å². The Morgan fingerprint density at radius 1 is 0.647 bits per heavy atom. The molecular weight excluding hydrogens is 444 g/mol. The van der Waals surface area contributed by atoms with E-state index in [1.807, 2.05) is 41.5 Å². The maximum atomic E-state index is 12.0. The topological polar surface area (TPSA) is 134 Å². The number of rotatable bonds is 2. The second kappa shape index (κ2) is 9.26. The normalized spacial score (nSPS) is 31.7. The molecule has 0 spiro atoms. The van der Waals surface area contributed by atoms with Gasteiger partial charge in [-0.3, -0.25) is 9.59 Å². The van der Waals surface area contributed by atoms with Crippen LogP contribution in [0.25, 0.3) is 0 Å². The van der Waals surface area contributed by atoms with Crippen LogP contribution in [0.4, 0.5) is 9.59 Å². The van der Waals surface area contributed by atoms with Gasteiger partial charge in [-0.1, -0.05) is 0 Å². The molecule has 6 atom stereocenters. The van der Waals surface area contributed by atoms with Gasteiger partial charge in [-0.25, -0.2) is 9.59 Å². The highest BCUT2D eigenvalue weighted by Crippen LogP contribution is 2.43. The highest BCUT2D eigenvalue weighted by molar-refractivity contribution is 5.77. The van der Waals surface area contributed by atoms with Gasteiger partial charge in [0.2, 0.25) is 0 Å². The van der Waals surface area contributed by atoms with Gasteiger partial charge in [-0.15, -0.1) is 0 Å². The molecule has 10 nitrogen and oxygen atoms in total. The van der Waals surface area contributed by atoms with E-state index in [0.29, 0.717) is 12.8 Å². The van der Waals surface area contributed by atoms with E-state index in [0.717, 1.165) is 25.7 Å². The summed E-state index contributed by atoms with van der Waals surface area (Å²) in [7, 11) is 0. The number of amides is 2. The molecule has 0 aromatic carbocycles. The summed E-state index contributed by atoms with van der Waals surface area (Å²) in [5.41, 5.74) is -1.06. The summed E-state index contributed by atoms with van der Waals surface area (Å²) in [6.45, 7) is 10.9. The van der Waals surface area contributed by atoms with E-state index in [4.69, 9.17) is 19.7 Å². The van der Waals surface area contributed by atoms with E-state index < -0.39 is 35.0 Å². The van der Waals surface area contributed by atoms with Crippen LogP contribution in [0.1, 0.15) is 80.1 Å². The molecule has 4 fully saturated rings. The quantitative estimate of drug-likeness (QED) is 0.608. The summed E-state index contributed by atoms with van der Waals surface area (Å²) in [6.07, 6.45) is 3.75. The third-order valence-corrected chi connectivity index (χ3v) is 6.92. The predicted molar refractivity (Wildman–Crippen MR) is 121 cm³/mol. The molecule has 0 aliphatic carbocycles. The summed E-state index contributed by atoms with van der Waals surface area (Å²) < 4.78 is 10.6. The number of nitrogens with zero attached hydrogens (tertiary/aromatic N) is 2. The van der Waals surface area contributed by atoms with Crippen molar-refractivity contribution in [3.63, 3.8) is 0 Å². The Hall–Kier alpha value is -2.52. The monoisotopic (exact) mass is 482 g/mol. The van der Waals surface area contributed by atoms with E-state index in [9.17, 15) is 19.2 Å². The lowest BCUT2D eigenvalue weighted by Gasteiger charge is -2.27. The molecule has 0 unspecified atom stereocenters. The molecule has 10 heteroatoms. The van der Waals surface area contributed by atoms with Crippen molar-refractivity contribution in [2.75, 3.05) is 0 Å². The highest BCUT2D eigenvalue weighted by Gasteiger charge is 2.53. The Morgan fingerprint density at radius 2 is 0.971 bits per heavy atom. The fourth-order valence-electron chi connectivity index (χ4n) is 5.71. The van der Waals surface area contributed by atoms with Crippen LogP contribution in [0.15, 0.2) is 0 Å². The third kappa shape index (κ3) is 5.58. The molecule has 4 rings (SSSR count).